The number of hydrogen-bond acceptors (Lipinski definition) is 2. The lowest BCUT2D eigenvalue weighted by molar-refractivity contribution is -0.116. The molecule has 0 saturated heterocycles. The molecule has 0 saturated carbocycles. The molecule has 0 aliphatic carbocycles. The van der Waals surface area contributed by atoms with E-state index < -0.39 is 0 Å². The molecule has 0 radical (unpaired) electrons. The topological polar surface area (TPSA) is 63.1 Å². The summed E-state index contributed by atoms with van der Waals surface area (Å²) in [5.41, 5.74) is 0.659. The molecule has 20 heavy (non-hydrogen) atoms. The van der Waals surface area contributed by atoms with Crippen molar-refractivity contribution in [2.24, 2.45) is 7.05 Å². The molecule has 0 bridgehead atoms. The molecule has 1 aromatic rings. The Labute approximate surface area is 124 Å². The van der Waals surface area contributed by atoms with Gasteiger partial charge in [-0.3, -0.25) is 9.59 Å². The number of nitrogens with zero attached hydrogens (tertiary/aromatic N) is 1. The lowest BCUT2D eigenvalue weighted by atomic mass is 10.2. The third kappa shape index (κ3) is 5.65. The normalized spacial score (nSPS) is 10.3. The lowest BCUT2D eigenvalue weighted by Gasteiger charge is -2.05. The zero-order valence-corrected chi connectivity index (χ0v) is 12.8. The van der Waals surface area contributed by atoms with Crippen molar-refractivity contribution >= 4 is 34.9 Å². The number of carbonyl (C=O) groups is 2. The van der Waals surface area contributed by atoms with Crippen molar-refractivity contribution in [3.63, 3.8) is 0 Å². The van der Waals surface area contributed by atoms with Gasteiger partial charge in [0.05, 0.1) is 5.69 Å². The van der Waals surface area contributed by atoms with E-state index in [0.717, 1.165) is 19.3 Å². The highest BCUT2D eigenvalue weighted by Crippen LogP contribution is 2.18. The van der Waals surface area contributed by atoms with E-state index in [1.807, 2.05) is 7.05 Å². The first-order valence-corrected chi connectivity index (χ1v) is 7.42. The van der Waals surface area contributed by atoms with Crippen LogP contribution in [-0.2, 0) is 16.6 Å². The monoisotopic (exact) mass is 299 g/mol. The second-order valence-electron chi connectivity index (χ2n) is 4.72. The summed E-state index contributed by atoms with van der Waals surface area (Å²) in [4.78, 5) is 23.2. The quantitative estimate of drug-likeness (QED) is 0.572. The van der Waals surface area contributed by atoms with Gasteiger partial charge in [-0.2, -0.15) is 0 Å². The predicted molar refractivity (Wildman–Crippen MR) is 82.2 cm³/mol. The van der Waals surface area contributed by atoms with Gasteiger partial charge < -0.3 is 15.2 Å². The van der Waals surface area contributed by atoms with E-state index in [1.54, 1.807) is 16.8 Å². The number of alkyl halides is 1. The van der Waals surface area contributed by atoms with Crippen LogP contribution in [0.1, 0.15) is 39.0 Å². The number of halogens is 1. The first-order valence-electron chi connectivity index (χ1n) is 6.88. The number of carbonyl (C=O) groups excluding carboxylic acids is 2. The second kappa shape index (κ2) is 8.64. The van der Waals surface area contributed by atoms with Gasteiger partial charge in [0.2, 0.25) is 11.8 Å². The minimum absolute atomic E-state index is 0.00159. The number of unbranched alkanes of at least 4 members (excludes halogenated alkanes) is 2. The van der Waals surface area contributed by atoms with Crippen molar-refractivity contribution < 1.29 is 9.59 Å². The van der Waals surface area contributed by atoms with Gasteiger partial charge in [-0.15, -0.1) is 11.6 Å². The molecule has 0 fully saturated rings. The van der Waals surface area contributed by atoms with Crippen LogP contribution in [0.3, 0.4) is 0 Å². The van der Waals surface area contributed by atoms with Crippen LogP contribution in [0.15, 0.2) is 12.3 Å². The molecule has 1 aromatic heterocycles. The molecule has 1 rings (SSSR count). The van der Waals surface area contributed by atoms with Crippen LogP contribution in [0.4, 0.5) is 11.5 Å². The summed E-state index contributed by atoms with van der Waals surface area (Å²) < 4.78 is 1.77. The van der Waals surface area contributed by atoms with Gasteiger partial charge in [-0.1, -0.05) is 19.8 Å². The van der Waals surface area contributed by atoms with E-state index in [2.05, 4.69) is 17.6 Å². The zero-order valence-electron chi connectivity index (χ0n) is 12.0. The van der Waals surface area contributed by atoms with Crippen molar-refractivity contribution in [3.05, 3.63) is 12.3 Å². The third-order valence-electron chi connectivity index (χ3n) is 2.89. The molecular weight excluding hydrogens is 278 g/mol. The average Bonchev–Trinajstić information content (AvgIpc) is 2.70. The Morgan fingerprint density at radius 1 is 1.20 bits per heavy atom. The van der Waals surface area contributed by atoms with Crippen molar-refractivity contribution in [3.8, 4) is 0 Å². The van der Waals surface area contributed by atoms with Gasteiger partial charge in [0.25, 0.3) is 0 Å². The summed E-state index contributed by atoms with van der Waals surface area (Å²) >= 11 is 5.51. The smallest absolute Gasteiger partial charge is 0.225 e. The first kappa shape index (κ1) is 16.6. The standard InChI is InChI=1S/C14H22ClN3O2/c1-3-4-5-6-13(19)17-12-9-11(10-18(12)2)16-14(20)7-8-15/h9-10H,3-8H2,1-2H3,(H,16,20)(H,17,19). The highest BCUT2D eigenvalue weighted by molar-refractivity contribution is 6.19. The summed E-state index contributed by atoms with van der Waals surface area (Å²) in [7, 11) is 1.82. The Bertz CT molecular complexity index is 457. The van der Waals surface area contributed by atoms with Crippen LogP contribution in [0.25, 0.3) is 0 Å². The molecule has 112 valence electrons. The van der Waals surface area contributed by atoms with E-state index >= 15 is 0 Å². The number of nitrogens with one attached hydrogen (secondary N) is 2. The second-order valence-corrected chi connectivity index (χ2v) is 5.10. The van der Waals surface area contributed by atoms with Crippen LogP contribution in [0, 0.1) is 0 Å². The fourth-order valence-corrected chi connectivity index (χ4v) is 1.98. The Hall–Kier alpha value is -1.49. The van der Waals surface area contributed by atoms with Gasteiger partial charge in [0.1, 0.15) is 5.82 Å². The summed E-state index contributed by atoms with van der Waals surface area (Å²) in [6.07, 6.45) is 5.59. The molecule has 0 aliphatic heterocycles. The number of rotatable bonds is 8. The number of anilines is 2. The number of amides is 2. The summed E-state index contributed by atoms with van der Waals surface area (Å²) in [6.45, 7) is 2.10. The summed E-state index contributed by atoms with van der Waals surface area (Å²) in [5.74, 6) is 0.831. The zero-order chi connectivity index (χ0) is 15.0. The van der Waals surface area contributed by atoms with Crippen LogP contribution in [-0.4, -0.2) is 22.3 Å². The fourth-order valence-electron chi connectivity index (χ4n) is 1.81. The molecular formula is C14H22ClN3O2. The van der Waals surface area contributed by atoms with Crippen LogP contribution < -0.4 is 10.6 Å². The maximum Gasteiger partial charge on any atom is 0.225 e. The number of aryl methyl sites for hydroxylation is 1. The molecule has 0 atom stereocenters. The van der Waals surface area contributed by atoms with Crippen LogP contribution in [0.2, 0.25) is 0 Å². The lowest BCUT2D eigenvalue weighted by Crippen LogP contribution is -2.13. The molecule has 0 aliphatic rings. The fraction of sp³-hybridized carbons (Fsp3) is 0.571. The first-order chi connectivity index (χ1) is 9.56. The van der Waals surface area contributed by atoms with E-state index in [4.69, 9.17) is 11.6 Å². The maximum atomic E-state index is 11.7. The average molecular weight is 300 g/mol. The van der Waals surface area contributed by atoms with Gasteiger partial charge in [0, 0.05) is 38.0 Å². The molecule has 2 amide bonds. The van der Waals surface area contributed by atoms with Crippen molar-refractivity contribution in [1.82, 2.24) is 4.57 Å². The van der Waals surface area contributed by atoms with E-state index in [9.17, 15) is 9.59 Å². The number of hydrogen-bond donors (Lipinski definition) is 2. The van der Waals surface area contributed by atoms with Gasteiger partial charge in [0.15, 0.2) is 0 Å². The molecule has 0 spiro atoms. The minimum atomic E-state index is -0.133. The van der Waals surface area contributed by atoms with E-state index in [-0.39, 0.29) is 18.2 Å². The third-order valence-corrected chi connectivity index (χ3v) is 3.07. The van der Waals surface area contributed by atoms with Crippen molar-refractivity contribution in [2.75, 3.05) is 16.5 Å². The molecule has 5 nitrogen and oxygen atoms in total. The molecule has 0 aromatic carbocycles. The Morgan fingerprint density at radius 3 is 2.55 bits per heavy atom. The molecule has 2 N–H and O–H groups in total. The van der Waals surface area contributed by atoms with Gasteiger partial charge in [-0.25, -0.2) is 0 Å². The minimum Gasteiger partial charge on any atom is -0.335 e. The Balaban J connectivity index is 2.52. The number of aromatic nitrogens is 1. The van der Waals surface area contributed by atoms with Crippen molar-refractivity contribution in [2.45, 2.75) is 39.0 Å². The summed E-state index contributed by atoms with van der Waals surface area (Å²) in [6, 6.07) is 1.74. The SMILES string of the molecule is CCCCCC(=O)Nc1cc(NC(=O)CCCl)cn1C. The van der Waals surface area contributed by atoms with Crippen molar-refractivity contribution in [1.29, 1.82) is 0 Å². The van der Waals surface area contributed by atoms with Gasteiger partial charge >= 0.3 is 0 Å². The molecule has 1 heterocycles. The van der Waals surface area contributed by atoms with E-state index in [1.165, 1.54) is 0 Å². The highest BCUT2D eigenvalue weighted by Gasteiger charge is 2.09. The van der Waals surface area contributed by atoms with Gasteiger partial charge in [-0.05, 0) is 6.42 Å². The van der Waals surface area contributed by atoms with E-state index in [0.29, 0.717) is 23.8 Å². The summed E-state index contributed by atoms with van der Waals surface area (Å²) in [5, 5.41) is 5.58. The molecule has 0 unspecified atom stereocenters. The Kier molecular flexibility index (Phi) is 7.15. The van der Waals surface area contributed by atoms with Crippen LogP contribution >= 0.6 is 11.6 Å². The molecule has 6 heteroatoms. The highest BCUT2D eigenvalue weighted by atomic mass is 35.5. The maximum absolute atomic E-state index is 11.7. The van der Waals surface area contributed by atoms with Crippen LogP contribution in [0.5, 0.6) is 0 Å². The largest absolute Gasteiger partial charge is 0.335 e. The Morgan fingerprint density at radius 2 is 1.90 bits per heavy atom. The predicted octanol–water partition coefficient (Wildman–Crippen LogP) is 3.11.